The van der Waals surface area contributed by atoms with Crippen LogP contribution in [0.2, 0.25) is 0 Å². The second-order valence-corrected chi connectivity index (χ2v) is 4.66. The fourth-order valence-electron chi connectivity index (χ4n) is 2.52. The third-order valence-corrected chi connectivity index (χ3v) is 3.54. The molecular weight excluding hydrogens is 244 g/mol. The first-order valence-electron chi connectivity index (χ1n) is 5.98. The van der Waals surface area contributed by atoms with Gasteiger partial charge in [0.05, 0.1) is 5.56 Å². The lowest BCUT2D eigenvalue weighted by atomic mass is 9.94. The number of epoxide rings is 1. The number of para-hydroxylation sites is 1. The molecule has 94 valence electrons. The van der Waals surface area contributed by atoms with E-state index in [1.54, 1.807) is 48.5 Å². The molecule has 0 radical (unpaired) electrons. The third kappa shape index (κ3) is 1.17. The number of ether oxygens (including phenoxy) is 2. The predicted molar refractivity (Wildman–Crippen MR) is 65.6 cm³/mol. The van der Waals surface area contributed by atoms with Crippen molar-refractivity contribution in [1.29, 1.82) is 0 Å². The Bertz CT molecular complexity index is 682. The van der Waals surface area contributed by atoms with Gasteiger partial charge in [-0.3, -0.25) is 9.53 Å². The predicted octanol–water partition coefficient (Wildman–Crippen LogP) is 1.83. The number of ketones is 1. The fraction of sp³-hybridized carbons (Fsp3) is 0.133. The lowest BCUT2D eigenvalue weighted by Crippen LogP contribution is -2.40. The minimum Gasteiger partial charge on any atom is -0.451 e. The Morgan fingerprint density at radius 2 is 1.63 bits per heavy atom. The third-order valence-electron chi connectivity index (χ3n) is 3.54. The second kappa shape index (κ2) is 3.23. The van der Waals surface area contributed by atoms with E-state index in [9.17, 15) is 9.90 Å². The normalized spacial score (nSPS) is 31.1. The molecule has 2 aromatic carbocycles. The first-order valence-corrected chi connectivity index (χ1v) is 5.98. The lowest BCUT2D eigenvalue weighted by Gasteiger charge is -2.23. The maximum atomic E-state index is 12.3. The molecule has 1 N–H and O–H groups in total. The van der Waals surface area contributed by atoms with Crippen LogP contribution in [0.3, 0.4) is 0 Å². The second-order valence-electron chi connectivity index (χ2n) is 4.66. The standard InChI is InChI=1S/C15H10O4/c16-13-11-8-4-5-9-12(11)18-15(14(13,17)19-15)10-6-2-1-3-7-10/h1-9,17H. The number of rotatable bonds is 1. The molecule has 4 rings (SSSR count). The summed E-state index contributed by atoms with van der Waals surface area (Å²) in [6, 6.07) is 15.8. The van der Waals surface area contributed by atoms with Crippen LogP contribution < -0.4 is 4.74 Å². The highest BCUT2D eigenvalue weighted by atomic mass is 16.9. The van der Waals surface area contributed by atoms with E-state index < -0.39 is 17.4 Å². The SMILES string of the molecule is O=C1c2ccccc2OC2(c3ccccc3)OC12O. The van der Waals surface area contributed by atoms with Crippen LogP contribution in [0.25, 0.3) is 0 Å². The smallest absolute Gasteiger partial charge is 0.308 e. The van der Waals surface area contributed by atoms with Crippen molar-refractivity contribution in [2.24, 2.45) is 0 Å². The molecule has 19 heavy (non-hydrogen) atoms. The molecule has 0 spiro atoms. The van der Waals surface area contributed by atoms with E-state index in [0.29, 0.717) is 16.9 Å². The molecule has 2 heterocycles. The summed E-state index contributed by atoms with van der Waals surface area (Å²) in [5.41, 5.74) is 0.967. The number of hydrogen-bond acceptors (Lipinski definition) is 4. The molecule has 2 unspecified atom stereocenters. The summed E-state index contributed by atoms with van der Waals surface area (Å²) in [4.78, 5) is 12.3. The van der Waals surface area contributed by atoms with Crippen molar-refractivity contribution in [3.05, 3.63) is 65.7 Å². The molecule has 4 heteroatoms. The van der Waals surface area contributed by atoms with Crippen LogP contribution >= 0.6 is 0 Å². The molecule has 2 aliphatic rings. The van der Waals surface area contributed by atoms with E-state index in [0.717, 1.165) is 0 Å². The van der Waals surface area contributed by atoms with Crippen molar-refractivity contribution in [1.82, 2.24) is 0 Å². The summed E-state index contributed by atoms with van der Waals surface area (Å²) in [5, 5.41) is 10.4. The van der Waals surface area contributed by atoms with Gasteiger partial charge in [0.25, 0.3) is 0 Å². The monoisotopic (exact) mass is 254 g/mol. The van der Waals surface area contributed by atoms with Gasteiger partial charge in [-0.1, -0.05) is 42.5 Å². The molecule has 0 bridgehead atoms. The van der Waals surface area contributed by atoms with Crippen molar-refractivity contribution < 1.29 is 19.4 Å². The first-order chi connectivity index (χ1) is 9.17. The Labute approximate surface area is 109 Å². The summed E-state index contributed by atoms with van der Waals surface area (Å²) < 4.78 is 11.1. The molecular formula is C15H10O4. The Morgan fingerprint density at radius 3 is 2.42 bits per heavy atom. The number of carbonyl (C=O) groups is 1. The summed E-state index contributed by atoms with van der Waals surface area (Å²) >= 11 is 0. The van der Waals surface area contributed by atoms with Crippen LogP contribution in [0, 0.1) is 0 Å². The molecule has 1 saturated heterocycles. The quantitative estimate of drug-likeness (QED) is 0.789. The Kier molecular flexibility index (Phi) is 1.82. The summed E-state index contributed by atoms with van der Waals surface area (Å²) in [6.45, 7) is 0. The van der Waals surface area contributed by atoms with E-state index in [1.807, 2.05) is 6.07 Å². The van der Waals surface area contributed by atoms with E-state index >= 15 is 0 Å². The molecule has 4 nitrogen and oxygen atoms in total. The minimum atomic E-state index is -1.91. The van der Waals surface area contributed by atoms with Gasteiger partial charge < -0.3 is 9.84 Å². The molecule has 0 amide bonds. The highest BCUT2D eigenvalue weighted by Crippen LogP contribution is 2.59. The first kappa shape index (κ1) is 10.7. The van der Waals surface area contributed by atoms with Crippen LogP contribution in [-0.4, -0.2) is 16.7 Å². The zero-order valence-electron chi connectivity index (χ0n) is 9.87. The maximum Gasteiger partial charge on any atom is 0.308 e. The fourth-order valence-corrected chi connectivity index (χ4v) is 2.52. The van der Waals surface area contributed by atoms with E-state index in [-0.39, 0.29) is 0 Å². The van der Waals surface area contributed by atoms with Gasteiger partial charge in [-0.15, -0.1) is 0 Å². The van der Waals surface area contributed by atoms with Crippen molar-refractivity contribution in [3.8, 4) is 5.75 Å². The summed E-state index contributed by atoms with van der Waals surface area (Å²) in [7, 11) is 0. The lowest BCUT2D eigenvalue weighted by molar-refractivity contribution is 0.0197. The number of fused-ring (bicyclic) bond motifs is 2. The number of carbonyl (C=O) groups excluding carboxylic acids is 1. The molecule has 0 aliphatic carbocycles. The minimum absolute atomic E-state index is 0.342. The van der Waals surface area contributed by atoms with Crippen LogP contribution in [0.4, 0.5) is 0 Å². The van der Waals surface area contributed by atoms with Gasteiger partial charge in [-0.25, -0.2) is 0 Å². The average Bonchev–Trinajstić information content (AvgIpc) is 3.08. The summed E-state index contributed by atoms with van der Waals surface area (Å²) in [5.74, 6) is -3.35. The molecule has 1 fully saturated rings. The zero-order chi connectivity index (χ0) is 13.1. The summed E-state index contributed by atoms with van der Waals surface area (Å²) in [6.07, 6.45) is 0. The van der Waals surface area contributed by atoms with Gasteiger partial charge in [0, 0.05) is 5.56 Å². The van der Waals surface area contributed by atoms with Gasteiger partial charge >= 0.3 is 11.6 Å². The molecule has 0 saturated carbocycles. The van der Waals surface area contributed by atoms with Crippen molar-refractivity contribution in [2.45, 2.75) is 11.6 Å². The van der Waals surface area contributed by atoms with E-state index in [1.165, 1.54) is 0 Å². The maximum absolute atomic E-state index is 12.3. The van der Waals surface area contributed by atoms with Gasteiger partial charge in [0.2, 0.25) is 5.78 Å². The molecule has 2 aromatic rings. The molecule has 2 atom stereocenters. The van der Waals surface area contributed by atoms with Crippen molar-refractivity contribution in [3.63, 3.8) is 0 Å². The zero-order valence-corrected chi connectivity index (χ0v) is 9.87. The van der Waals surface area contributed by atoms with E-state index in [2.05, 4.69) is 0 Å². The number of benzene rings is 2. The van der Waals surface area contributed by atoms with Crippen LogP contribution in [0.1, 0.15) is 15.9 Å². The largest absolute Gasteiger partial charge is 0.451 e. The Balaban J connectivity index is 1.90. The highest BCUT2D eigenvalue weighted by molar-refractivity contribution is 6.07. The van der Waals surface area contributed by atoms with Gasteiger partial charge in [-0.2, -0.15) is 0 Å². The topological polar surface area (TPSA) is 59.1 Å². The van der Waals surface area contributed by atoms with E-state index in [4.69, 9.17) is 9.47 Å². The molecule has 0 aromatic heterocycles. The van der Waals surface area contributed by atoms with Crippen molar-refractivity contribution >= 4 is 5.78 Å². The van der Waals surface area contributed by atoms with Gasteiger partial charge in [0.15, 0.2) is 0 Å². The van der Waals surface area contributed by atoms with Crippen molar-refractivity contribution in [2.75, 3.05) is 0 Å². The highest BCUT2D eigenvalue weighted by Gasteiger charge is 2.81. The number of hydrogen-bond donors (Lipinski definition) is 1. The average molecular weight is 254 g/mol. The van der Waals surface area contributed by atoms with Gasteiger partial charge in [0.1, 0.15) is 5.75 Å². The number of Topliss-reactive ketones (excluding diaryl/α,β-unsaturated/α-hetero) is 1. The van der Waals surface area contributed by atoms with Crippen LogP contribution in [-0.2, 0) is 10.5 Å². The van der Waals surface area contributed by atoms with Gasteiger partial charge in [-0.05, 0) is 12.1 Å². The molecule has 2 aliphatic heterocycles. The Morgan fingerprint density at radius 1 is 0.947 bits per heavy atom. The van der Waals surface area contributed by atoms with Crippen LogP contribution in [0.5, 0.6) is 5.75 Å². The van der Waals surface area contributed by atoms with Crippen LogP contribution in [0.15, 0.2) is 54.6 Å². The number of aliphatic hydroxyl groups is 1. The Hall–Kier alpha value is -2.17.